The monoisotopic (exact) mass is 230 g/mol. The summed E-state index contributed by atoms with van der Waals surface area (Å²) in [5, 5.41) is 2.89. The van der Waals surface area contributed by atoms with Gasteiger partial charge in [0.15, 0.2) is 0 Å². The number of methoxy groups -OCH3 is 1. The van der Waals surface area contributed by atoms with Gasteiger partial charge >= 0.3 is 0 Å². The average molecular weight is 230 g/mol. The van der Waals surface area contributed by atoms with Crippen molar-refractivity contribution in [3.05, 3.63) is 0 Å². The number of rotatable bonds is 6. The Balaban J connectivity index is 2.09. The lowest BCUT2D eigenvalue weighted by Crippen LogP contribution is -2.48. The fraction of sp³-hybridized carbons (Fsp3) is 0.909. The quantitative estimate of drug-likeness (QED) is 0.645. The molecule has 0 radical (unpaired) electrons. The van der Waals surface area contributed by atoms with Gasteiger partial charge in [-0.05, 0) is 19.9 Å². The predicted octanol–water partition coefficient (Wildman–Crippen LogP) is -0.140. The Morgan fingerprint density at radius 3 is 3.06 bits per heavy atom. The number of nitrogens with zero attached hydrogens (tertiary/aromatic N) is 1. The standard InChI is InChI=1S/C11H22N2O3/c1-13-6-8-16-10(9-13)11(14)12-5-3-4-7-15-2/h10H,3-9H2,1-2H3,(H,12,14). The topological polar surface area (TPSA) is 50.8 Å². The second-order valence-corrected chi connectivity index (χ2v) is 4.11. The van der Waals surface area contributed by atoms with Crippen LogP contribution in [0.2, 0.25) is 0 Å². The van der Waals surface area contributed by atoms with E-state index in [1.807, 2.05) is 7.05 Å². The number of amides is 1. The van der Waals surface area contributed by atoms with Crippen LogP contribution in [0.15, 0.2) is 0 Å². The Bertz CT molecular complexity index is 211. The highest BCUT2D eigenvalue weighted by Gasteiger charge is 2.24. The van der Waals surface area contributed by atoms with Gasteiger partial charge in [0, 0.05) is 33.4 Å². The summed E-state index contributed by atoms with van der Waals surface area (Å²) in [7, 11) is 3.69. The van der Waals surface area contributed by atoms with Crippen LogP contribution in [-0.4, -0.2) is 63.9 Å². The second-order valence-electron chi connectivity index (χ2n) is 4.11. The van der Waals surface area contributed by atoms with Gasteiger partial charge in [-0.2, -0.15) is 0 Å². The molecule has 1 heterocycles. The smallest absolute Gasteiger partial charge is 0.250 e. The van der Waals surface area contributed by atoms with Gasteiger partial charge in [0.1, 0.15) is 6.10 Å². The van der Waals surface area contributed by atoms with Crippen molar-refractivity contribution in [2.24, 2.45) is 0 Å². The van der Waals surface area contributed by atoms with Crippen LogP contribution in [0.1, 0.15) is 12.8 Å². The van der Waals surface area contributed by atoms with E-state index in [4.69, 9.17) is 9.47 Å². The SMILES string of the molecule is COCCCCNC(=O)C1CN(C)CCO1. The van der Waals surface area contributed by atoms with Crippen molar-refractivity contribution in [1.82, 2.24) is 10.2 Å². The number of hydrogen-bond donors (Lipinski definition) is 1. The zero-order valence-electron chi connectivity index (χ0n) is 10.2. The molecule has 94 valence electrons. The largest absolute Gasteiger partial charge is 0.385 e. The minimum Gasteiger partial charge on any atom is -0.385 e. The van der Waals surface area contributed by atoms with Crippen molar-refractivity contribution in [3.8, 4) is 0 Å². The average Bonchev–Trinajstić information content (AvgIpc) is 2.28. The molecule has 1 aliphatic heterocycles. The van der Waals surface area contributed by atoms with E-state index in [9.17, 15) is 4.79 Å². The molecular formula is C11H22N2O3. The van der Waals surface area contributed by atoms with Gasteiger partial charge < -0.3 is 19.7 Å². The highest BCUT2D eigenvalue weighted by Crippen LogP contribution is 2.02. The lowest BCUT2D eigenvalue weighted by atomic mass is 10.2. The third-order valence-electron chi connectivity index (χ3n) is 2.64. The lowest BCUT2D eigenvalue weighted by molar-refractivity contribution is -0.137. The van der Waals surface area contributed by atoms with Gasteiger partial charge in [-0.3, -0.25) is 4.79 Å². The molecule has 1 atom stereocenters. The predicted molar refractivity (Wildman–Crippen MR) is 61.4 cm³/mol. The number of nitrogens with one attached hydrogen (secondary N) is 1. The number of carbonyl (C=O) groups is 1. The maximum atomic E-state index is 11.7. The van der Waals surface area contributed by atoms with Crippen molar-refractivity contribution < 1.29 is 14.3 Å². The van der Waals surface area contributed by atoms with Crippen molar-refractivity contribution in [1.29, 1.82) is 0 Å². The van der Waals surface area contributed by atoms with Crippen LogP contribution < -0.4 is 5.32 Å². The molecule has 1 fully saturated rings. The summed E-state index contributed by atoms with van der Waals surface area (Å²) in [5.74, 6) is 0.00367. The number of morpholine rings is 1. The summed E-state index contributed by atoms with van der Waals surface area (Å²) < 4.78 is 10.3. The molecule has 1 aliphatic rings. The van der Waals surface area contributed by atoms with Crippen LogP contribution in [0.4, 0.5) is 0 Å². The van der Waals surface area contributed by atoms with E-state index < -0.39 is 0 Å². The van der Waals surface area contributed by atoms with Gasteiger partial charge in [0.2, 0.25) is 5.91 Å². The van der Waals surface area contributed by atoms with E-state index in [2.05, 4.69) is 10.2 Å². The first-order valence-corrected chi connectivity index (χ1v) is 5.81. The number of unbranched alkanes of at least 4 members (excludes halogenated alkanes) is 1. The summed E-state index contributed by atoms with van der Waals surface area (Å²) >= 11 is 0. The Hall–Kier alpha value is -0.650. The minimum absolute atomic E-state index is 0.00367. The van der Waals surface area contributed by atoms with Crippen molar-refractivity contribution in [3.63, 3.8) is 0 Å². The van der Waals surface area contributed by atoms with E-state index in [1.165, 1.54) is 0 Å². The van der Waals surface area contributed by atoms with E-state index in [0.717, 1.165) is 26.0 Å². The summed E-state index contributed by atoms with van der Waals surface area (Å²) in [4.78, 5) is 13.8. The highest BCUT2D eigenvalue weighted by atomic mass is 16.5. The molecule has 5 heteroatoms. The summed E-state index contributed by atoms with van der Waals surface area (Å²) in [6.45, 7) is 3.67. The van der Waals surface area contributed by atoms with Gasteiger partial charge in [-0.1, -0.05) is 0 Å². The molecule has 16 heavy (non-hydrogen) atoms. The number of ether oxygens (including phenoxy) is 2. The van der Waals surface area contributed by atoms with Crippen molar-refractivity contribution in [2.75, 3.05) is 47.0 Å². The maximum Gasteiger partial charge on any atom is 0.250 e. The fourth-order valence-electron chi connectivity index (χ4n) is 1.63. The van der Waals surface area contributed by atoms with Crippen LogP contribution in [0.25, 0.3) is 0 Å². The number of carbonyl (C=O) groups excluding carboxylic acids is 1. The summed E-state index contributed by atoms with van der Waals surface area (Å²) in [5.41, 5.74) is 0. The van der Waals surface area contributed by atoms with Crippen LogP contribution in [0, 0.1) is 0 Å². The van der Waals surface area contributed by atoms with Crippen LogP contribution >= 0.6 is 0 Å². The molecule has 1 rings (SSSR count). The van der Waals surface area contributed by atoms with Gasteiger partial charge in [-0.15, -0.1) is 0 Å². The van der Waals surface area contributed by atoms with E-state index in [0.29, 0.717) is 19.7 Å². The first kappa shape index (κ1) is 13.4. The van der Waals surface area contributed by atoms with Gasteiger partial charge in [-0.25, -0.2) is 0 Å². The zero-order valence-corrected chi connectivity index (χ0v) is 10.2. The zero-order chi connectivity index (χ0) is 11.8. The second kappa shape index (κ2) is 7.60. The third kappa shape index (κ3) is 4.92. The summed E-state index contributed by atoms with van der Waals surface area (Å²) in [6.07, 6.45) is 1.62. The molecule has 1 N–H and O–H groups in total. The Morgan fingerprint density at radius 1 is 1.56 bits per heavy atom. The minimum atomic E-state index is -0.304. The molecule has 5 nitrogen and oxygen atoms in total. The number of likely N-dealkylation sites (N-methyl/N-ethyl adjacent to an activating group) is 1. The first-order valence-electron chi connectivity index (χ1n) is 5.81. The molecule has 0 aromatic heterocycles. The molecule has 0 spiro atoms. The lowest BCUT2D eigenvalue weighted by Gasteiger charge is -2.29. The Kier molecular flexibility index (Phi) is 6.37. The van der Waals surface area contributed by atoms with Crippen LogP contribution in [-0.2, 0) is 14.3 Å². The Labute approximate surface area is 97.1 Å². The normalized spacial score (nSPS) is 22.0. The molecule has 0 aromatic rings. The molecule has 0 aliphatic carbocycles. The molecule has 0 bridgehead atoms. The molecule has 0 saturated carbocycles. The van der Waals surface area contributed by atoms with Crippen LogP contribution in [0.5, 0.6) is 0 Å². The van der Waals surface area contributed by atoms with Gasteiger partial charge in [0.25, 0.3) is 0 Å². The number of hydrogen-bond acceptors (Lipinski definition) is 4. The summed E-state index contributed by atoms with van der Waals surface area (Å²) in [6, 6.07) is 0. The fourth-order valence-corrected chi connectivity index (χ4v) is 1.63. The molecule has 1 unspecified atom stereocenters. The van der Waals surface area contributed by atoms with E-state index in [-0.39, 0.29) is 12.0 Å². The molecule has 0 aromatic carbocycles. The first-order chi connectivity index (χ1) is 7.74. The molecular weight excluding hydrogens is 208 g/mol. The Morgan fingerprint density at radius 2 is 2.38 bits per heavy atom. The van der Waals surface area contributed by atoms with Gasteiger partial charge in [0.05, 0.1) is 6.61 Å². The molecule has 1 amide bonds. The van der Waals surface area contributed by atoms with Crippen molar-refractivity contribution >= 4 is 5.91 Å². The van der Waals surface area contributed by atoms with Crippen LogP contribution in [0.3, 0.4) is 0 Å². The molecule has 1 saturated heterocycles. The maximum absolute atomic E-state index is 11.7. The van der Waals surface area contributed by atoms with E-state index >= 15 is 0 Å². The third-order valence-corrected chi connectivity index (χ3v) is 2.64. The van der Waals surface area contributed by atoms with Crippen molar-refractivity contribution in [2.45, 2.75) is 18.9 Å². The highest BCUT2D eigenvalue weighted by molar-refractivity contribution is 5.81. The van der Waals surface area contributed by atoms with E-state index in [1.54, 1.807) is 7.11 Å².